The molecule has 0 saturated carbocycles. The summed E-state index contributed by atoms with van der Waals surface area (Å²) in [6.45, 7) is 6.55. The summed E-state index contributed by atoms with van der Waals surface area (Å²) in [7, 11) is 1.57. The normalized spacial score (nSPS) is 16.3. The second kappa shape index (κ2) is 8.57. The van der Waals surface area contributed by atoms with Crippen LogP contribution in [-0.2, 0) is 15.0 Å². The lowest BCUT2D eigenvalue weighted by Gasteiger charge is -2.19. The highest BCUT2D eigenvalue weighted by atomic mass is 16.5. The third-order valence-electron chi connectivity index (χ3n) is 5.19. The van der Waals surface area contributed by atoms with Crippen LogP contribution in [0.25, 0.3) is 0 Å². The Labute approximate surface area is 176 Å². The first-order chi connectivity index (χ1) is 14.2. The summed E-state index contributed by atoms with van der Waals surface area (Å²) in [5, 5.41) is 0. The van der Waals surface area contributed by atoms with Gasteiger partial charge in [-0.25, -0.2) is 0 Å². The molecule has 3 rings (SSSR count). The number of rotatable bonds is 4. The molecule has 30 heavy (non-hydrogen) atoms. The number of nitrogens with zero attached hydrogens (tertiary/aromatic N) is 1. The fourth-order valence-electron chi connectivity index (χ4n) is 3.31. The number of carbonyl (C=O) groups is 3. The van der Waals surface area contributed by atoms with E-state index < -0.39 is 11.8 Å². The predicted octanol–water partition coefficient (Wildman–Crippen LogP) is 2.81. The predicted molar refractivity (Wildman–Crippen MR) is 114 cm³/mol. The average Bonchev–Trinajstić information content (AvgIpc) is 3.13. The number of anilines is 1. The Morgan fingerprint density at radius 3 is 2.20 bits per heavy atom. The van der Waals surface area contributed by atoms with Gasteiger partial charge in [-0.2, -0.15) is 0 Å². The van der Waals surface area contributed by atoms with Crippen molar-refractivity contribution in [3.8, 4) is 5.75 Å². The molecule has 1 saturated heterocycles. The van der Waals surface area contributed by atoms with E-state index in [1.165, 1.54) is 0 Å². The first-order valence-electron chi connectivity index (χ1n) is 9.84. The van der Waals surface area contributed by atoms with Crippen LogP contribution in [0.15, 0.2) is 48.5 Å². The summed E-state index contributed by atoms with van der Waals surface area (Å²) < 4.78 is 5.12. The molecule has 158 valence electrons. The number of hydrogen-bond donors (Lipinski definition) is 2. The fourth-order valence-corrected chi connectivity index (χ4v) is 3.31. The number of ether oxygens (including phenoxy) is 1. The molecule has 2 aromatic rings. The van der Waals surface area contributed by atoms with Crippen LogP contribution in [-0.4, -0.2) is 31.4 Å². The van der Waals surface area contributed by atoms with Crippen LogP contribution in [0.1, 0.15) is 43.1 Å². The van der Waals surface area contributed by atoms with Crippen molar-refractivity contribution in [2.75, 3.05) is 18.6 Å². The summed E-state index contributed by atoms with van der Waals surface area (Å²) in [6, 6.07) is 14.3. The maximum Gasteiger partial charge on any atom is 0.269 e. The molecule has 7 heteroatoms. The van der Waals surface area contributed by atoms with Crippen molar-refractivity contribution in [3.63, 3.8) is 0 Å². The zero-order chi connectivity index (χ0) is 21.9. The van der Waals surface area contributed by atoms with Crippen LogP contribution in [0.2, 0.25) is 0 Å². The van der Waals surface area contributed by atoms with Gasteiger partial charge < -0.3 is 9.64 Å². The van der Waals surface area contributed by atoms with Crippen molar-refractivity contribution in [1.29, 1.82) is 0 Å². The van der Waals surface area contributed by atoms with Crippen molar-refractivity contribution in [2.24, 2.45) is 5.92 Å². The number of methoxy groups -OCH3 is 1. The van der Waals surface area contributed by atoms with Gasteiger partial charge in [0.05, 0.1) is 13.0 Å². The first-order valence-corrected chi connectivity index (χ1v) is 9.84. The quantitative estimate of drug-likeness (QED) is 0.760. The number of nitrogens with one attached hydrogen (secondary N) is 2. The van der Waals surface area contributed by atoms with Crippen molar-refractivity contribution in [2.45, 2.75) is 32.6 Å². The van der Waals surface area contributed by atoms with Crippen LogP contribution in [0.3, 0.4) is 0 Å². The van der Waals surface area contributed by atoms with E-state index in [1.807, 2.05) is 12.1 Å². The average molecular weight is 409 g/mol. The topological polar surface area (TPSA) is 87.7 Å². The molecule has 2 N–H and O–H groups in total. The number of hydrazine groups is 1. The van der Waals surface area contributed by atoms with Gasteiger partial charge in [0.15, 0.2) is 0 Å². The molecule has 3 amide bonds. The molecular formula is C23H27N3O4. The van der Waals surface area contributed by atoms with E-state index >= 15 is 0 Å². The number of amides is 3. The summed E-state index contributed by atoms with van der Waals surface area (Å²) in [4.78, 5) is 38.7. The Bertz CT molecular complexity index is 930. The highest BCUT2D eigenvalue weighted by molar-refractivity contribution is 6.01. The monoisotopic (exact) mass is 409 g/mol. The molecule has 1 aliphatic heterocycles. The summed E-state index contributed by atoms with van der Waals surface area (Å²) in [5.41, 5.74) is 7.14. The highest BCUT2D eigenvalue weighted by Crippen LogP contribution is 2.27. The molecule has 7 nitrogen and oxygen atoms in total. The maximum absolute atomic E-state index is 12.5. The van der Waals surface area contributed by atoms with Gasteiger partial charge in [-0.3, -0.25) is 25.2 Å². The number of hydrogen-bond acceptors (Lipinski definition) is 4. The van der Waals surface area contributed by atoms with Crippen LogP contribution in [0.4, 0.5) is 5.69 Å². The van der Waals surface area contributed by atoms with Crippen molar-refractivity contribution in [3.05, 3.63) is 59.7 Å². The Hall–Kier alpha value is -3.35. The first kappa shape index (κ1) is 21.4. The fraction of sp³-hybridized carbons (Fsp3) is 0.348. The minimum Gasteiger partial charge on any atom is -0.497 e. The molecule has 0 aromatic heterocycles. The van der Waals surface area contributed by atoms with E-state index in [0.717, 1.165) is 5.56 Å². The third-order valence-corrected chi connectivity index (χ3v) is 5.19. The minimum absolute atomic E-state index is 0.00596. The molecule has 0 spiro atoms. The lowest BCUT2D eigenvalue weighted by Crippen LogP contribution is -2.45. The Kier molecular flexibility index (Phi) is 6.10. The molecule has 0 unspecified atom stereocenters. The molecule has 2 aromatic carbocycles. The molecular weight excluding hydrogens is 382 g/mol. The van der Waals surface area contributed by atoms with E-state index in [1.54, 1.807) is 48.4 Å². The van der Waals surface area contributed by atoms with E-state index in [4.69, 9.17) is 4.74 Å². The molecule has 1 atom stereocenters. The zero-order valence-corrected chi connectivity index (χ0v) is 17.7. The standard InChI is InChI=1S/C23H27N3O4/c1-23(2,3)17-7-5-15(6-8-17)21(28)24-25-22(29)16-13-20(27)26(14-16)18-9-11-19(30-4)12-10-18/h5-12,16H,13-14H2,1-4H3,(H,24,28)(H,25,29)/t16-/m1/s1. The van der Waals surface area contributed by atoms with Gasteiger partial charge in [0.25, 0.3) is 5.91 Å². The largest absolute Gasteiger partial charge is 0.497 e. The van der Waals surface area contributed by atoms with Crippen LogP contribution < -0.4 is 20.5 Å². The smallest absolute Gasteiger partial charge is 0.269 e. The van der Waals surface area contributed by atoms with Gasteiger partial charge in [-0.15, -0.1) is 0 Å². The molecule has 1 fully saturated rings. The Morgan fingerprint density at radius 2 is 1.63 bits per heavy atom. The second-order valence-electron chi connectivity index (χ2n) is 8.37. The van der Waals surface area contributed by atoms with Gasteiger partial charge in [-0.1, -0.05) is 32.9 Å². The number of benzene rings is 2. The van der Waals surface area contributed by atoms with E-state index in [0.29, 0.717) is 17.0 Å². The van der Waals surface area contributed by atoms with Crippen LogP contribution in [0.5, 0.6) is 5.75 Å². The van der Waals surface area contributed by atoms with E-state index in [-0.39, 0.29) is 30.2 Å². The van der Waals surface area contributed by atoms with Gasteiger partial charge in [0.2, 0.25) is 11.8 Å². The van der Waals surface area contributed by atoms with Crippen LogP contribution >= 0.6 is 0 Å². The van der Waals surface area contributed by atoms with Gasteiger partial charge in [0.1, 0.15) is 5.75 Å². The molecule has 1 aliphatic rings. The minimum atomic E-state index is -0.539. The van der Waals surface area contributed by atoms with Crippen LogP contribution in [0, 0.1) is 5.92 Å². The van der Waals surface area contributed by atoms with Crippen molar-refractivity contribution in [1.82, 2.24) is 10.9 Å². The van der Waals surface area contributed by atoms with Crippen molar-refractivity contribution >= 4 is 23.4 Å². The van der Waals surface area contributed by atoms with Gasteiger partial charge >= 0.3 is 0 Å². The lowest BCUT2D eigenvalue weighted by atomic mass is 9.87. The maximum atomic E-state index is 12.5. The SMILES string of the molecule is COc1ccc(N2C[C@H](C(=O)NNC(=O)c3ccc(C(C)(C)C)cc3)CC2=O)cc1. The van der Waals surface area contributed by atoms with Gasteiger partial charge in [-0.05, 0) is 47.4 Å². The molecule has 1 heterocycles. The Balaban J connectivity index is 1.56. The molecule has 0 bridgehead atoms. The van der Waals surface area contributed by atoms with Gasteiger partial charge in [0, 0.05) is 24.2 Å². The zero-order valence-electron chi connectivity index (χ0n) is 17.7. The van der Waals surface area contributed by atoms with E-state index in [2.05, 4.69) is 31.6 Å². The second-order valence-corrected chi connectivity index (χ2v) is 8.37. The summed E-state index contributed by atoms with van der Waals surface area (Å²) in [5.74, 6) is -0.773. The van der Waals surface area contributed by atoms with E-state index in [9.17, 15) is 14.4 Å². The Morgan fingerprint density at radius 1 is 1.00 bits per heavy atom. The molecule has 0 radical (unpaired) electrons. The molecule has 0 aliphatic carbocycles. The van der Waals surface area contributed by atoms with Crippen molar-refractivity contribution < 1.29 is 19.1 Å². The highest BCUT2D eigenvalue weighted by Gasteiger charge is 2.35. The third kappa shape index (κ3) is 4.79. The number of carbonyl (C=O) groups excluding carboxylic acids is 3. The lowest BCUT2D eigenvalue weighted by molar-refractivity contribution is -0.126. The summed E-state index contributed by atoms with van der Waals surface area (Å²) in [6.07, 6.45) is 0.0913. The summed E-state index contributed by atoms with van der Waals surface area (Å²) >= 11 is 0.